The molecule has 1 aromatic heterocycles. The number of aromatic nitrogens is 1. The number of aromatic amines is 1. The van der Waals surface area contributed by atoms with Crippen LogP contribution in [-0.2, 0) is 0 Å². The Bertz CT molecular complexity index is 496. The first-order valence-corrected chi connectivity index (χ1v) is 6.94. The molecule has 2 N–H and O–H groups in total. The fraction of sp³-hybridized carbons (Fsp3) is 0.600. The van der Waals surface area contributed by atoms with Gasteiger partial charge < -0.3 is 15.2 Å². The Balaban J connectivity index is 2.81. The highest BCUT2D eigenvalue weighted by atomic mass is 16.2. The molecule has 1 amide bonds. The first-order chi connectivity index (χ1) is 9.27. The zero-order valence-corrected chi connectivity index (χ0v) is 13.0. The highest BCUT2D eigenvalue weighted by Gasteiger charge is 2.16. The molecule has 5 nitrogen and oxygen atoms in total. The average molecular weight is 279 g/mol. The van der Waals surface area contributed by atoms with Crippen LogP contribution in [0.1, 0.15) is 36.3 Å². The van der Waals surface area contributed by atoms with Crippen LogP contribution in [-0.4, -0.2) is 42.5 Å². The molecule has 112 valence electrons. The maximum atomic E-state index is 12.2. The summed E-state index contributed by atoms with van der Waals surface area (Å²) in [5, 5.41) is 3.00. The fourth-order valence-corrected chi connectivity index (χ4v) is 2.26. The molecule has 0 fully saturated rings. The van der Waals surface area contributed by atoms with Crippen LogP contribution in [0.5, 0.6) is 0 Å². The van der Waals surface area contributed by atoms with Crippen molar-refractivity contribution in [2.45, 2.75) is 33.2 Å². The van der Waals surface area contributed by atoms with E-state index in [0.29, 0.717) is 11.6 Å². The van der Waals surface area contributed by atoms with Crippen LogP contribution >= 0.6 is 0 Å². The summed E-state index contributed by atoms with van der Waals surface area (Å²) in [6, 6.07) is 3.24. The van der Waals surface area contributed by atoms with Gasteiger partial charge in [0.15, 0.2) is 0 Å². The number of H-pyrrole nitrogens is 1. The lowest BCUT2D eigenvalue weighted by Gasteiger charge is -2.24. The molecule has 1 aromatic rings. The molecule has 0 aromatic carbocycles. The van der Waals surface area contributed by atoms with Crippen LogP contribution in [0, 0.1) is 12.8 Å². The number of nitrogens with one attached hydrogen (secondary N) is 2. The van der Waals surface area contributed by atoms with Gasteiger partial charge >= 0.3 is 0 Å². The van der Waals surface area contributed by atoms with Crippen LogP contribution in [0.15, 0.2) is 16.9 Å². The van der Waals surface area contributed by atoms with E-state index in [1.54, 1.807) is 13.0 Å². The lowest BCUT2D eigenvalue weighted by molar-refractivity contribution is 0.0919. The van der Waals surface area contributed by atoms with Gasteiger partial charge in [-0.05, 0) is 45.0 Å². The zero-order chi connectivity index (χ0) is 15.3. The van der Waals surface area contributed by atoms with E-state index >= 15 is 0 Å². The summed E-state index contributed by atoms with van der Waals surface area (Å²) in [6.07, 6.45) is 0.903. The van der Waals surface area contributed by atoms with Gasteiger partial charge in [0.25, 0.3) is 5.91 Å². The Morgan fingerprint density at radius 3 is 2.50 bits per heavy atom. The van der Waals surface area contributed by atoms with Crippen LogP contribution in [0.25, 0.3) is 0 Å². The maximum Gasteiger partial charge on any atom is 0.268 e. The van der Waals surface area contributed by atoms with Gasteiger partial charge in [-0.1, -0.05) is 13.8 Å². The monoisotopic (exact) mass is 279 g/mol. The summed E-state index contributed by atoms with van der Waals surface area (Å²) in [4.78, 5) is 28.3. The highest BCUT2D eigenvalue weighted by molar-refractivity contribution is 5.92. The van der Waals surface area contributed by atoms with Crippen molar-refractivity contribution < 1.29 is 4.79 Å². The maximum absolute atomic E-state index is 12.2. The Kier molecular flexibility index (Phi) is 5.95. The second-order valence-electron chi connectivity index (χ2n) is 6.00. The van der Waals surface area contributed by atoms with Crippen molar-refractivity contribution in [3.8, 4) is 0 Å². The molecule has 0 saturated carbocycles. The van der Waals surface area contributed by atoms with Crippen LogP contribution in [0.2, 0.25) is 0 Å². The van der Waals surface area contributed by atoms with E-state index in [9.17, 15) is 9.59 Å². The van der Waals surface area contributed by atoms with Crippen molar-refractivity contribution in [1.29, 1.82) is 0 Å². The third-order valence-corrected chi connectivity index (χ3v) is 2.91. The number of rotatable bonds is 6. The predicted octanol–water partition coefficient (Wildman–Crippen LogP) is 1.39. The first-order valence-electron chi connectivity index (χ1n) is 6.94. The SMILES string of the molecule is Cc1cc(C(=O)N[C@@H](CC(C)C)CN(C)C)[nH]c(=O)c1. The third-order valence-electron chi connectivity index (χ3n) is 2.91. The van der Waals surface area contributed by atoms with Crippen molar-refractivity contribution >= 4 is 5.91 Å². The van der Waals surface area contributed by atoms with Gasteiger partial charge in [0.2, 0.25) is 5.56 Å². The van der Waals surface area contributed by atoms with E-state index in [1.165, 1.54) is 6.07 Å². The summed E-state index contributed by atoms with van der Waals surface area (Å²) in [5.74, 6) is 0.273. The van der Waals surface area contributed by atoms with Crippen molar-refractivity contribution in [3.05, 3.63) is 33.7 Å². The number of pyridine rings is 1. The molecule has 1 rings (SSSR count). The fourth-order valence-electron chi connectivity index (χ4n) is 2.26. The Labute approximate surface area is 120 Å². The van der Waals surface area contributed by atoms with Gasteiger partial charge in [0.05, 0.1) is 0 Å². The van der Waals surface area contributed by atoms with E-state index in [2.05, 4.69) is 24.1 Å². The standard InChI is InChI=1S/C15H25N3O2/c1-10(2)6-12(9-18(4)5)16-15(20)13-7-11(3)8-14(19)17-13/h7-8,10,12H,6,9H2,1-5H3,(H,16,20)(H,17,19)/t12-/m0/s1. The number of carbonyl (C=O) groups is 1. The Morgan fingerprint density at radius 1 is 1.35 bits per heavy atom. The van der Waals surface area contributed by atoms with Crippen molar-refractivity contribution in [2.75, 3.05) is 20.6 Å². The van der Waals surface area contributed by atoms with Crippen molar-refractivity contribution in [3.63, 3.8) is 0 Å². The minimum atomic E-state index is -0.247. The zero-order valence-electron chi connectivity index (χ0n) is 13.0. The predicted molar refractivity (Wildman–Crippen MR) is 81.1 cm³/mol. The smallest absolute Gasteiger partial charge is 0.268 e. The normalized spacial score (nSPS) is 12.8. The van der Waals surface area contributed by atoms with E-state index in [0.717, 1.165) is 18.5 Å². The topological polar surface area (TPSA) is 65.2 Å². The number of amides is 1. The molecule has 5 heteroatoms. The lowest BCUT2D eigenvalue weighted by Crippen LogP contribution is -2.43. The molecule has 1 heterocycles. The van der Waals surface area contributed by atoms with E-state index in [1.807, 2.05) is 19.0 Å². The summed E-state index contributed by atoms with van der Waals surface area (Å²) < 4.78 is 0. The summed E-state index contributed by atoms with van der Waals surface area (Å²) in [7, 11) is 3.96. The number of hydrogen-bond donors (Lipinski definition) is 2. The number of hydrogen-bond acceptors (Lipinski definition) is 3. The van der Waals surface area contributed by atoms with Gasteiger partial charge in [-0.25, -0.2) is 0 Å². The summed E-state index contributed by atoms with van der Waals surface area (Å²) in [6.45, 7) is 6.84. The molecular weight excluding hydrogens is 254 g/mol. The molecule has 0 aliphatic carbocycles. The Morgan fingerprint density at radius 2 is 2.00 bits per heavy atom. The average Bonchev–Trinajstić information content (AvgIpc) is 2.25. The minimum Gasteiger partial charge on any atom is -0.347 e. The van der Waals surface area contributed by atoms with Gasteiger partial charge in [0.1, 0.15) is 5.69 Å². The molecule has 0 saturated heterocycles. The molecule has 0 unspecified atom stereocenters. The molecule has 20 heavy (non-hydrogen) atoms. The van der Waals surface area contributed by atoms with Crippen molar-refractivity contribution in [1.82, 2.24) is 15.2 Å². The second kappa shape index (κ2) is 7.24. The number of carbonyl (C=O) groups excluding carboxylic acids is 1. The van der Waals surface area contributed by atoms with Crippen LogP contribution < -0.4 is 10.9 Å². The van der Waals surface area contributed by atoms with E-state index < -0.39 is 0 Å². The quantitative estimate of drug-likeness (QED) is 0.827. The largest absolute Gasteiger partial charge is 0.347 e. The third kappa shape index (κ3) is 5.57. The molecule has 1 atom stereocenters. The van der Waals surface area contributed by atoms with Crippen LogP contribution in [0.4, 0.5) is 0 Å². The van der Waals surface area contributed by atoms with E-state index in [-0.39, 0.29) is 17.5 Å². The van der Waals surface area contributed by atoms with Gasteiger partial charge in [0, 0.05) is 18.7 Å². The second-order valence-corrected chi connectivity index (χ2v) is 6.00. The minimum absolute atomic E-state index is 0.0708. The molecule has 0 radical (unpaired) electrons. The van der Waals surface area contributed by atoms with Crippen molar-refractivity contribution in [2.24, 2.45) is 5.92 Å². The molecule has 0 aliphatic heterocycles. The summed E-state index contributed by atoms with van der Waals surface area (Å²) >= 11 is 0. The number of aryl methyl sites for hydroxylation is 1. The Hall–Kier alpha value is -1.62. The molecule has 0 bridgehead atoms. The molecule has 0 aliphatic rings. The summed E-state index contributed by atoms with van der Waals surface area (Å²) in [5.41, 5.74) is 0.859. The number of nitrogens with zero attached hydrogens (tertiary/aromatic N) is 1. The van der Waals surface area contributed by atoms with Gasteiger partial charge in [-0.3, -0.25) is 9.59 Å². The van der Waals surface area contributed by atoms with E-state index in [4.69, 9.17) is 0 Å². The van der Waals surface area contributed by atoms with Gasteiger partial charge in [-0.2, -0.15) is 0 Å². The number of likely N-dealkylation sites (N-methyl/N-ethyl adjacent to an activating group) is 1. The molecule has 0 spiro atoms. The lowest BCUT2D eigenvalue weighted by atomic mass is 10.0. The van der Waals surface area contributed by atoms with Gasteiger partial charge in [-0.15, -0.1) is 0 Å². The molecular formula is C15H25N3O2. The highest BCUT2D eigenvalue weighted by Crippen LogP contribution is 2.07. The van der Waals surface area contributed by atoms with Crippen LogP contribution in [0.3, 0.4) is 0 Å². The first kappa shape index (κ1) is 16.4.